The maximum absolute atomic E-state index is 6.92. The molecule has 0 atom stereocenters. The largest absolute Gasteiger partial charge is 0.458 e. The minimum absolute atomic E-state index is 0.184. The van der Waals surface area contributed by atoms with Crippen LogP contribution in [-0.4, -0.2) is 14.1 Å². The first kappa shape index (κ1) is 44.3. The summed E-state index contributed by atoms with van der Waals surface area (Å²) in [5.74, 6) is 2.38. The van der Waals surface area contributed by atoms with E-state index in [1.165, 1.54) is 49.7 Å². The van der Waals surface area contributed by atoms with E-state index in [2.05, 4.69) is 266 Å². The van der Waals surface area contributed by atoms with E-state index in [0.717, 1.165) is 39.7 Å². The average Bonchev–Trinajstić information content (AvgIpc) is 3.98. The Hall–Kier alpha value is -7.50. The van der Waals surface area contributed by atoms with Crippen LogP contribution in [0.2, 0.25) is 0 Å². The minimum Gasteiger partial charge on any atom is -0.458 e. The Morgan fingerprint density at radius 3 is 1.66 bits per heavy atom. The van der Waals surface area contributed by atoms with Crippen LogP contribution in [0.25, 0.3) is 39.0 Å². The SMILES string of the molecule is CC(C)(C)c1cc(Oc2cccc(-n3[c-][n+](-c4cc(C(C)(C)c5ccccc5)cc(C(C)(C)c5ccccc5)c4)cc3)c2)cc2c1c1ccccc1n2-c1cc(C(C)(C)c2ccccc2)ccn1. The zero-order valence-corrected chi connectivity index (χ0v) is 40.7. The van der Waals surface area contributed by atoms with E-state index in [0.29, 0.717) is 0 Å². The third-order valence-electron chi connectivity index (χ3n) is 14.3. The first-order chi connectivity index (χ1) is 32.6. The van der Waals surface area contributed by atoms with Crippen molar-refractivity contribution in [2.75, 3.05) is 0 Å². The Morgan fingerprint density at radius 2 is 1.06 bits per heavy atom. The van der Waals surface area contributed by atoms with Crippen molar-refractivity contribution >= 4 is 21.8 Å². The van der Waals surface area contributed by atoms with E-state index in [1.807, 2.05) is 16.8 Å². The molecule has 5 heteroatoms. The molecule has 0 bridgehead atoms. The van der Waals surface area contributed by atoms with Crippen LogP contribution < -0.4 is 9.30 Å². The van der Waals surface area contributed by atoms with Gasteiger partial charge in [0.1, 0.15) is 17.3 Å². The number of rotatable bonds is 11. The summed E-state index contributed by atoms with van der Waals surface area (Å²) in [6.45, 7) is 20.7. The molecule has 0 amide bonds. The molecule has 0 N–H and O–H groups in total. The zero-order valence-electron chi connectivity index (χ0n) is 40.7. The lowest BCUT2D eigenvalue weighted by Gasteiger charge is -2.32. The molecule has 0 radical (unpaired) electrons. The number of benzene rings is 7. The van der Waals surface area contributed by atoms with Gasteiger partial charge in [0.2, 0.25) is 0 Å². The highest BCUT2D eigenvalue weighted by molar-refractivity contribution is 6.11. The van der Waals surface area contributed by atoms with Crippen LogP contribution in [0.1, 0.15) is 101 Å². The monoisotopic (exact) mass is 888 g/mol. The van der Waals surface area contributed by atoms with Gasteiger partial charge < -0.3 is 4.74 Å². The van der Waals surface area contributed by atoms with Gasteiger partial charge in [0, 0.05) is 51.7 Å². The van der Waals surface area contributed by atoms with Gasteiger partial charge in [-0.05, 0) is 99.0 Å². The van der Waals surface area contributed by atoms with Gasteiger partial charge in [0.15, 0.2) is 0 Å². The number of hydrogen-bond donors (Lipinski definition) is 0. The van der Waals surface area contributed by atoms with Crippen molar-refractivity contribution in [1.29, 1.82) is 0 Å². The lowest BCUT2D eigenvalue weighted by Crippen LogP contribution is -2.31. The average molecular weight is 889 g/mol. The van der Waals surface area contributed by atoms with Crippen LogP contribution >= 0.6 is 0 Å². The highest BCUT2D eigenvalue weighted by Crippen LogP contribution is 2.43. The molecule has 0 fully saturated rings. The van der Waals surface area contributed by atoms with Crippen molar-refractivity contribution in [3.8, 4) is 28.7 Å². The second-order valence-electron chi connectivity index (χ2n) is 20.8. The lowest BCUT2D eigenvalue weighted by molar-refractivity contribution is -0.599. The first-order valence-electron chi connectivity index (χ1n) is 23.8. The van der Waals surface area contributed by atoms with Gasteiger partial charge in [0.05, 0.1) is 22.4 Å². The summed E-state index contributed by atoms with van der Waals surface area (Å²) in [5, 5.41) is 2.40. The van der Waals surface area contributed by atoms with E-state index < -0.39 is 0 Å². The highest BCUT2D eigenvalue weighted by Gasteiger charge is 2.30. The van der Waals surface area contributed by atoms with Crippen LogP contribution in [-0.2, 0) is 21.7 Å². The Bertz CT molecular complexity index is 3350. The van der Waals surface area contributed by atoms with E-state index in [9.17, 15) is 0 Å². The molecule has 0 aliphatic carbocycles. The Kier molecular flexibility index (Phi) is 11.1. The molecule has 10 aromatic rings. The Balaban J connectivity index is 1.04. The van der Waals surface area contributed by atoms with Gasteiger partial charge in [-0.3, -0.25) is 13.7 Å². The number of hydrogen-bond acceptors (Lipinski definition) is 2. The lowest BCUT2D eigenvalue weighted by atomic mass is 9.73. The fraction of sp³-hybridized carbons (Fsp3) is 0.206. The molecular weight excluding hydrogens is 829 g/mol. The maximum Gasteiger partial charge on any atom is 0.268 e. The third kappa shape index (κ3) is 8.10. The molecule has 68 heavy (non-hydrogen) atoms. The predicted octanol–water partition coefficient (Wildman–Crippen LogP) is 15.1. The van der Waals surface area contributed by atoms with Gasteiger partial charge in [-0.2, -0.15) is 0 Å². The van der Waals surface area contributed by atoms with Crippen LogP contribution in [0.15, 0.2) is 201 Å². The number of para-hydroxylation sites is 1. The van der Waals surface area contributed by atoms with Crippen molar-refractivity contribution in [2.24, 2.45) is 0 Å². The quantitative estimate of drug-likeness (QED) is 0.0958. The van der Waals surface area contributed by atoms with Crippen molar-refractivity contribution in [3.63, 3.8) is 0 Å². The molecule has 0 aliphatic rings. The topological polar surface area (TPSA) is 35.9 Å². The second-order valence-corrected chi connectivity index (χ2v) is 20.8. The maximum atomic E-state index is 6.92. The number of aromatic nitrogens is 4. The van der Waals surface area contributed by atoms with E-state index in [4.69, 9.17) is 9.72 Å². The van der Waals surface area contributed by atoms with Crippen LogP contribution in [0.5, 0.6) is 11.5 Å². The molecular formula is C63H60N4O. The highest BCUT2D eigenvalue weighted by atomic mass is 16.5. The Labute approximate surface area is 402 Å². The van der Waals surface area contributed by atoms with Gasteiger partial charge in [0.25, 0.3) is 6.33 Å². The molecule has 0 spiro atoms. The molecule has 10 rings (SSSR count). The van der Waals surface area contributed by atoms with Crippen LogP contribution in [0, 0.1) is 6.33 Å². The molecule has 0 saturated heterocycles. The Morgan fingerprint density at radius 1 is 0.485 bits per heavy atom. The summed E-state index contributed by atoms with van der Waals surface area (Å²) in [6, 6.07) is 65.1. The molecule has 3 aromatic heterocycles. The van der Waals surface area contributed by atoms with Crippen molar-refractivity contribution in [2.45, 2.75) is 84.0 Å². The van der Waals surface area contributed by atoms with E-state index in [-0.39, 0.29) is 21.7 Å². The number of fused-ring (bicyclic) bond motifs is 3. The number of ether oxygens (including phenoxy) is 1. The van der Waals surface area contributed by atoms with Crippen molar-refractivity contribution in [1.82, 2.24) is 14.1 Å². The molecule has 5 nitrogen and oxygen atoms in total. The van der Waals surface area contributed by atoms with E-state index in [1.54, 1.807) is 0 Å². The van der Waals surface area contributed by atoms with Crippen molar-refractivity contribution in [3.05, 3.63) is 246 Å². The molecule has 3 heterocycles. The molecule has 0 aliphatic heterocycles. The normalized spacial score (nSPS) is 12.5. The fourth-order valence-electron chi connectivity index (χ4n) is 9.87. The standard InChI is InChI=1S/C63H60N4O/c1-60(2,3)55-41-53(42-57-59(55)54-30-19-20-31-56(54)67(57)58-39-47(32-33-64-58)61(4,5)44-22-13-10-14-23-44)68-52-29-21-28-50(40-52)65-34-35-66(43-65)51-37-48(62(6,7)45-24-15-11-16-25-45)36-49(38-51)63(8,9)46-26-17-12-18-27-46/h10-42H,1-9H3. The van der Waals surface area contributed by atoms with Gasteiger partial charge in [-0.15, -0.1) is 0 Å². The second kappa shape index (κ2) is 17.0. The van der Waals surface area contributed by atoms with Crippen LogP contribution in [0.4, 0.5) is 0 Å². The van der Waals surface area contributed by atoms with Gasteiger partial charge >= 0.3 is 0 Å². The smallest absolute Gasteiger partial charge is 0.268 e. The third-order valence-corrected chi connectivity index (χ3v) is 14.3. The van der Waals surface area contributed by atoms with Gasteiger partial charge in [-0.1, -0.05) is 184 Å². The molecule has 0 unspecified atom stereocenters. The van der Waals surface area contributed by atoms with Crippen molar-refractivity contribution < 1.29 is 9.30 Å². The number of nitrogens with zero attached hydrogens (tertiary/aromatic N) is 4. The molecule has 338 valence electrons. The minimum atomic E-state index is -0.238. The zero-order chi connectivity index (χ0) is 47.4. The van der Waals surface area contributed by atoms with Crippen LogP contribution in [0.3, 0.4) is 0 Å². The molecule has 0 saturated carbocycles. The molecule has 7 aromatic carbocycles. The summed E-state index contributed by atoms with van der Waals surface area (Å²) < 4.78 is 13.4. The summed E-state index contributed by atoms with van der Waals surface area (Å²) >= 11 is 0. The first-order valence-corrected chi connectivity index (χ1v) is 23.8. The van der Waals surface area contributed by atoms with Gasteiger partial charge in [-0.25, -0.2) is 4.98 Å². The summed E-state index contributed by atoms with van der Waals surface area (Å²) in [6.07, 6.45) is 9.76. The summed E-state index contributed by atoms with van der Waals surface area (Å²) in [4.78, 5) is 5.04. The fourth-order valence-corrected chi connectivity index (χ4v) is 9.87. The summed E-state index contributed by atoms with van der Waals surface area (Å²) in [5.41, 5.74) is 12.0. The van der Waals surface area contributed by atoms with E-state index >= 15 is 0 Å². The number of pyridine rings is 1. The predicted molar refractivity (Wildman–Crippen MR) is 279 cm³/mol. The summed E-state index contributed by atoms with van der Waals surface area (Å²) in [7, 11) is 0. The number of imidazole rings is 1.